The lowest BCUT2D eigenvalue weighted by Gasteiger charge is -2.15. The molecule has 1 saturated carbocycles. The van der Waals surface area contributed by atoms with Crippen molar-refractivity contribution >= 4 is 27.8 Å². The Balaban J connectivity index is 2.11. The third kappa shape index (κ3) is 3.27. The van der Waals surface area contributed by atoms with Crippen molar-refractivity contribution in [3.05, 3.63) is 36.9 Å². The molecule has 0 aliphatic heterocycles. The number of para-hydroxylation sites is 1. The Bertz CT molecular complexity index is 763. The molecule has 0 heterocycles. The summed E-state index contributed by atoms with van der Waals surface area (Å²) >= 11 is 0. The molecular formula is C13H15N3O6S. The van der Waals surface area contributed by atoms with Gasteiger partial charge in [-0.2, -0.15) is 0 Å². The van der Waals surface area contributed by atoms with Crippen molar-refractivity contribution in [1.82, 2.24) is 10.2 Å². The van der Waals surface area contributed by atoms with Crippen LogP contribution in [0.25, 0.3) is 0 Å². The van der Waals surface area contributed by atoms with Gasteiger partial charge in [0.1, 0.15) is 10.4 Å². The lowest BCUT2D eigenvalue weighted by molar-refractivity contribution is -0.151. The fourth-order valence-corrected chi connectivity index (χ4v) is 3.06. The number of nitrogens with two attached hydrogens (primary N) is 1. The second-order valence-corrected chi connectivity index (χ2v) is 6.58. The van der Waals surface area contributed by atoms with E-state index < -0.39 is 33.5 Å². The van der Waals surface area contributed by atoms with E-state index in [0.717, 1.165) is 0 Å². The third-order valence-electron chi connectivity index (χ3n) is 3.45. The number of hydrogen-bond donors (Lipinski definition) is 4. The van der Waals surface area contributed by atoms with Gasteiger partial charge in [0.2, 0.25) is 0 Å². The van der Waals surface area contributed by atoms with Crippen molar-refractivity contribution < 1.29 is 28.0 Å². The molecule has 0 saturated heterocycles. The van der Waals surface area contributed by atoms with Crippen LogP contribution < -0.4 is 15.9 Å². The van der Waals surface area contributed by atoms with Gasteiger partial charge in [-0.15, -0.1) is 6.58 Å². The first-order valence-electron chi connectivity index (χ1n) is 6.44. The van der Waals surface area contributed by atoms with E-state index >= 15 is 0 Å². The van der Waals surface area contributed by atoms with E-state index in [2.05, 4.69) is 11.4 Å². The van der Waals surface area contributed by atoms with Crippen LogP contribution in [0.2, 0.25) is 0 Å². The SMILES string of the molecule is C=C[C@@H]1C[C@]1(NC(=O)O)C(=O)ONS(=O)(=O)c1ccccc1N. The molecule has 0 bridgehead atoms. The summed E-state index contributed by atoms with van der Waals surface area (Å²) in [6.07, 6.45) is 0.0963. The molecule has 0 radical (unpaired) electrons. The van der Waals surface area contributed by atoms with Gasteiger partial charge in [0.05, 0.1) is 5.69 Å². The van der Waals surface area contributed by atoms with E-state index in [4.69, 9.17) is 10.8 Å². The zero-order valence-corrected chi connectivity index (χ0v) is 12.7. The van der Waals surface area contributed by atoms with E-state index in [1.54, 1.807) is 11.0 Å². The standard InChI is InChI=1S/C13H15N3O6S/c1-2-8-7-13(8,15-12(18)19)11(17)22-16-23(20,21)10-6-4-3-5-9(10)14/h2-6,8,15-16H,1,7,14H2,(H,18,19)/t8-,13-/m1/s1. The lowest BCUT2D eigenvalue weighted by atomic mass is 10.2. The van der Waals surface area contributed by atoms with Crippen molar-refractivity contribution in [1.29, 1.82) is 0 Å². The monoisotopic (exact) mass is 341 g/mol. The van der Waals surface area contributed by atoms with Crippen molar-refractivity contribution in [3.63, 3.8) is 0 Å². The number of nitrogens with one attached hydrogen (secondary N) is 2. The molecule has 0 aromatic heterocycles. The van der Waals surface area contributed by atoms with Crippen LogP contribution in [-0.2, 0) is 19.7 Å². The number of hydrogen-bond acceptors (Lipinski definition) is 6. The Kier molecular flexibility index (Phi) is 4.30. The number of anilines is 1. The number of amides is 1. The van der Waals surface area contributed by atoms with Crippen LogP contribution in [0.3, 0.4) is 0 Å². The van der Waals surface area contributed by atoms with Gasteiger partial charge in [-0.25, -0.2) is 18.0 Å². The number of sulfonamides is 1. The molecule has 124 valence electrons. The Morgan fingerprint density at radius 2 is 2.09 bits per heavy atom. The number of carbonyl (C=O) groups is 2. The molecule has 1 aliphatic rings. The quantitative estimate of drug-likeness (QED) is 0.328. The number of carboxylic acid groups (broad SMARTS) is 1. The van der Waals surface area contributed by atoms with Crippen LogP contribution in [0.4, 0.5) is 10.5 Å². The molecule has 2 atom stereocenters. The van der Waals surface area contributed by atoms with E-state index in [-0.39, 0.29) is 17.0 Å². The predicted molar refractivity (Wildman–Crippen MR) is 79.5 cm³/mol. The highest BCUT2D eigenvalue weighted by molar-refractivity contribution is 7.89. The Labute approximate surface area is 132 Å². The molecule has 5 N–H and O–H groups in total. The second kappa shape index (κ2) is 5.89. The van der Waals surface area contributed by atoms with Crippen LogP contribution in [0, 0.1) is 5.92 Å². The largest absolute Gasteiger partial charge is 0.465 e. The summed E-state index contributed by atoms with van der Waals surface area (Å²) in [6, 6.07) is 5.61. The van der Waals surface area contributed by atoms with Crippen molar-refractivity contribution in [2.45, 2.75) is 16.9 Å². The molecule has 1 aromatic carbocycles. The summed E-state index contributed by atoms with van der Waals surface area (Å²) in [7, 11) is -4.19. The van der Waals surface area contributed by atoms with Gasteiger partial charge in [0.25, 0.3) is 10.0 Å². The van der Waals surface area contributed by atoms with Gasteiger partial charge >= 0.3 is 12.1 Å². The fourth-order valence-electron chi connectivity index (χ4n) is 2.15. The number of nitrogen functional groups attached to an aromatic ring is 1. The van der Waals surface area contributed by atoms with Crippen LogP contribution in [0.5, 0.6) is 0 Å². The summed E-state index contributed by atoms with van der Waals surface area (Å²) in [5, 5.41) is 10.8. The normalized spacial score (nSPS) is 22.9. The van der Waals surface area contributed by atoms with Gasteiger partial charge in [0.15, 0.2) is 0 Å². The topological polar surface area (TPSA) is 148 Å². The minimum absolute atomic E-state index is 0.0233. The number of rotatable bonds is 6. The molecule has 9 nitrogen and oxygen atoms in total. The molecule has 1 fully saturated rings. The van der Waals surface area contributed by atoms with Gasteiger partial charge in [-0.1, -0.05) is 18.2 Å². The molecule has 0 unspecified atom stereocenters. The first kappa shape index (κ1) is 16.8. The zero-order valence-electron chi connectivity index (χ0n) is 11.9. The van der Waals surface area contributed by atoms with Gasteiger partial charge < -0.3 is 21.0 Å². The molecule has 2 rings (SSSR count). The predicted octanol–water partition coefficient (Wildman–Crippen LogP) is 0.218. The summed E-state index contributed by atoms with van der Waals surface area (Å²) in [5.74, 6) is -1.54. The van der Waals surface area contributed by atoms with Crippen molar-refractivity contribution in [3.8, 4) is 0 Å². The zero-order chi connectivity index (χ0) is 17.3. The second-order valence-electron chi connectivity index (χ2n) is 4.96. The minimum atomic E-state index is -4.19. The van der Waals surface area contributed by atoms with Crippen molar-refractivity contribution in [2.24, 2.45) is 5.92 Å². The Hall–Kier alpha value is -2.59. The maximum Gasteiger partial charge on any atom is 0.405 e. The van der Waals surface area contributed by atoms with Crippen LogP contribution in [0.1, 0.15) is 6.42 Å². The average Bonchev–Trinajstić information content (AvgIpc) is 3.18. The highest BCUT2D eigenvalue weighted by Crippen LogP contribution is 2.45. The molecular weight excluding hydrogens is 326 g/mol. The molecule has 1 amide bonds. The Morgan fingerprint density at radius 1 is 1.43 bits per heavy atom. The van der Waals surface area contributed by atoms with E-state index in [0.29, 0.717) is 0 Å². The summed E-state index contributed by atoms with van der Waals surface area (Å²) in [6.45, 7) is 3.48. The Morgan fingerprint density at radius 3 is 2.61 bits per heavy atom. The van der Waals surface area contributed by atoms with Crippen LogP contribution in [0.15, 0.2) is 41.8 Å². The smallest absolute Gasteiger partial charge is 0.405 e. The lowest BCUT2D eigenvalue weighted by Crippen LogP contribution is -2.47. The maximum absolute atomic E-state index is 12.1. The van der Waals surface area contributed by atoms with E-state index in [9.17, 15) is 18.0 Å². The molecule has 1 aliphatic carbocycles. The number of benzene rings is 1. The molecule has 23 heavy (non-hydrogen) atoms. The molecule has 0 spiro atoms. The van der Waals surface area contributed by atoms with Crippen LogP contribution in [-0.4, -0.2) is 31.1 Å². The van der Waals surface area contributed by atoms with E-state index in [1.807, 2.05) is 5.32 Å². The summed E-state index contributed by atoms with van der Waals surface area (Å²) in [5.41, 5.74) is 4.00. The first-order chi connectivity index (χ1) is 10.7. The highest BCUT2D eigenvalue weighted by Gasteiger charge is 2.61. The van der Waals surface area contributed by atoms with Crippen molar-refractivity contribution in [2.75, 3.05) is 5.73 Å². The highest BCUT2D eigenvalue weighted by atomic mass is 32.2. The van der Waals surface area contributed by atoms with Crippen LogP contribution >= 0.6 is 0 Å². The summed E-state index contributed by atoms with van der Waals surface area (Å²) in [4.78, 5) is 28.8. The van der Waals surface area contributed by atoms with E-state index in [1.165, 1.54) is 24.3 Å². The summed E-state index contributed by atoms with van der Waals surface area (Å²) < 4.78 is 24.1. The molecule has 1 aromatic rings. The first-order valence-corrected chi connectivity index (χ1v) is 7.92. The minimum Gasteiger partial charge on any atom is -0.465 e. The van der Waals surface area contributed by atoms with Gasteiger partial charge in [-0.3, -0.25) is 0 Å². The fraction of sp³-hybridized carbons (Fsp3) is 0.231. The van der Waals surface area contributed by atoms with Gasteiger partial charge in [0, 0.05) is 5.92 Å². The van der Waals surface area contributed by atoms with Gasteiger partial charge in [-0.05, 0) is 23.4 Å². The average molecular weight is 341 g/mol. The third-order valence-corrected chi connectivity index (χ3v) is 4.70. The molecule has 10 heteroatoms. The number of carbonyl (C=O) groups excluding carboxylic acids is 1. The maximum atomic E-state index is 12.1.